The summed E-state index contributed by atoms with van der Waals surface area (Å²) in [6.45, 7) is 6.43. The number of thiazole rings is 1. The Morgan fingerprint density at radius 1 is 1.11 bits per heavy atom. The molecule has 11 heteroatoms. The molecule has 0 saturated carbocycles. The van der Waals surface area contributed by atoms with Crippen LogP contribution in [0.2, 0.25) is 0 Å². The van der Waals surface area contributed by atoms with Crippen molar-refractivity contribution in [2.75, 3.05) is 52.3 Å². The lowest BCUT2D eigenvalue weighted by molar-refractivity contribution is 0.0978. The molecule has 208 valence electrons. The van der Waals surface area contributed by atoms with Crippen LogP contribution in [0.1, 0.15) is 40.7 Å². The number of fused-ring (bicyclic) bond motifs is 1. The Morgan fingerprint density at radius 2 is 1.82 bits per heavy atom. The van der Waals surface area contributed by atoms with Crippen molar-refractivity contribution in [1.29, 1.82) is 0 Å². The van der Waals surface area contributed by atoms with Gasteiger partial charge in [-0.15, -0.1) is 12.4 Å². The van der Waals surface area contributed by atoms with Gasteiger partial charge in [0.1, 0.15) is 0 Å². The van der Waals surface area contributed by atoms with Crippen molar-refractivity contribution in [2.45, 2.75) is 44.1 Å². The number of rotatable bonds is 10. The summed E-state index contributed by atoms with van der Waals surface area (Å²) in [4.78, 5) is 22.5. The second kappa shape index (κ2) is 12.8. The lowest BCUT2D eigenvalue weighted by Crippen LogP contribution is -2.34. The van der Waals surface area contributed by atoms with Gasteiger partial charge in [0.2, 0.25) is 10.0 Å². The number of halogens is 1. The normalized spacial score (nSPS) is 15.8. The van der Waals surface area contributed by atoms with Gasteiger partial charge in [0.15, 0.2) is 5.13 Å². The summed E-state index contributed by atoms with van der Waals surface area (Å²) in [6.07, 6.45) is 2.53. The number of nitrogens with zero attached hydrogens (tertiary/aromatic N) is 4. The maximum atomic E-state index is 13.7. The number of benzene rings is 2. The van der Waals surface area contributed by atoms with Gasteiger partial charge in [0, 0.05) is 32.3 Å². The van der Waals surface area contributed by atoms with Crippen LogP contribution in [-0.4, -0.2) is 82.0 Å². The van der Waals surface area contributed by atoms with E-state index in [1.165, 1.54) is 27.8 Å². The fourth-order valence-electron chi connectivity index (χ4n) is 4.58. The number of carbonyl (C=O) groups excluding carboxylic acids is 1. The molecule has 2 aromatic carbocycles. The van der Waals surface area contributed by atoms with Crippen molar-refractivity contribution in [3.8, 4) is 0 Å². The second-order valence-corrected chi connectivity index (χ2v) is 13.0. The molecule has 1 aliphatic rings. The lowest BCUT2D eigenvalue weighted by Gasteiger charge is -2.22. The van der Waals surface area contributed by atoms with Gasteiger partial charge in [0.05, 0.1) is 21.2 Å². The van der Waals surface area contributed by atoms with E-state index in [9.17, 15) is 13.2 Å². The molecule has 0 radical (unpaired) electrons. The summed E-state index contributed by atoms with van der Waals surface area (Å²) in [5.41, 5.74) is 3.58. The van der Waals surface area contributed by atoms with E-state index in [1.54, 1.807) is 24.1 Å². The molecule has 0 spiro atoms. The van der Waals surface area contributed by atoms with Crippen LogP contribution in [0.3, 0.4) is 0 Å². The highest BCUT2D eigenvalue weighted by atomic mass is 35.5. The van der Waals surface area contributed by atoms with Crippen molar-refractivity contribution < 1.29 is 17.9 Å². The summed E-state index contributed by atoms with van der Waals surface area (Å²) in [6, 6.07) is 10.4. The molecule has 1 aliphatic heterocycles. The first-order chi connectivity index (χ1) is 17.6. The summed E-state index contributed by atoms with van der Waals surface area (Å²) in [5.74, 6) is -0.191. The van der Waals surface area contributed by atoms with Crippen LogP contribution in [0.25, 0.3) is 10.2 Å². The molecular formula is C27H37ClN4O4S2. The zero-order chi connectivity index (χ0) is 26.7. The summed E-state index contributed by atoms with van der Waals surface area (Å²) < 4.78 is 34.1. The van der Waals surface area contributed by atoms with E-state index in [2.05, 4.69) is 24.0 Å². The largest absolute Gasteiger partial charge is 0.377 e. The van der Waals surface area contributed by atoms with Crippen molar-refractivity contribution in [2.24, 2.45) is 0 Å². The van der Waals surface area contributed by atoms with Crippen molar-refractivity contribution in [3.05, 3.63) is 53.1 Å². The topological polar surface area (TPSA) is 83.1 Å². The Kier molecular flexibility index (Phi) is 10.3. The molecule has 1 fully saturated rings. The first kappa shape index (κ1) is 30.5. The van der Waals surface area contributed by atoms with Crippen LogP contribution in [0, 0.1) is 13.8 Å². The van der Waals surface area contributed by atoms with Gasteiger partial charge in [-0.3, -0.25) is 9.69 Å². The second-order valence-electron chi connectivity index (χ2n) is 9.98. The van der Waals surface area contributed by atoms with Crippen LogP contribution in [0.5, 0.6) is 0 Å². The molecule has 4 rings (SSSR count). The van der Waals surface area contributed by atoms with E-state index in [0.29, 0.717) is 30.4 Å². The van der Waals surface area contributed by atoms with Crippen LogP contribution >= 0.6 is 23.7 Å². The third-order valence-corrected chi connectivity index (χ3v) is 9.44. The minimum Gasteiger partial charge on any atom is -0.377 e. The van der Waals surface area contributed by atoms with E-state index < -0.39 is 10.0 Å². The van der Waals surface area contributed by atoms with Gasteiger partial charge in [-0.1, -0.05) is 17.4 Å². The Hall–Kier alpha value is -2.08. The zero-order valence-electron chi connectivity index (χ0n) is 22.6. The average molecular weight is 581 g/mol. The number of aromatic nitrogens is 1. The molecule has 8 nitrogen and oxygen atoms in total. The van der Waals surface area contributed by atoms with Crippen LogP contribution < -0.4 is 4.90 Å². The fourth-order valence-corrected chi connectivity index (χ4v) is 6.95. The highest BCUT2D eigenvalue weighted by Crippen LogP contribution is 2.32. The van der Waals surface area contributed by atoms with Crippen molar-refractivity contribution in [1.82, 2.24) is 14.2 Å². The quantitative estimate of drug-likeness (QED) is 0.345. The molecule has 0 N–H and O–H groups in total. The standard InChI is InChI=1S/C27H36N4O4S2.ClH/c1-19-16-20(2)25-24(17-19)36-27(28-25)31(14-7-13-29(3)4)26(32)21-9-11-23(12-10-21)37(33,34)30(5)18-22-8-6-15-35-22;/h9-12,16-17,22H,6-8,13-15,18H2,1-5H3;1H. The van der Waals surface area contributed by atoms with E-state index in [4.69, 9.17) is 9.72 Å². The third kappa shape index (κ3) is 6.91. The minimum absolute atomic E-state index is 0. The SMILES string of the molecule is Cc1cc(C)c2nc(N(CCCN(C)C)C(=O)c3ccc(S(=O)(=O)N(C)CC4CCCO4)cc3)sc2c1.Cl. The molecule has 0 bridgehead atoms. The molecule has 1 amide bonds. The molecule has 1 saturated heterocycles. The number of hydrogen-bond donors (Lipinski definition) is 0. The number of sulfonamides is 1. The predicted octanol–water partition coefficient (Wildman–Crippen LogP) is 4.73. The number of aryl methyl sites for hydroxylation is 2. The summed E-state index contributed by atoms with van der Waals surface area (Å²) in [5, 5.41) is 0.653. The highest BCUT2D eigenvalue weighted by Gasteiger charge is 2.27. The van der Waals surface area contributed by atoms with E-state index in [0.717, 1.165) is 47.2 Å². The van der Waals surface area contributed by atoms with E-state index >= 15 is 0 Å². The smallest absolute Gasteiger partial charge is 0.260 e. The molecule has 38 heavy (non-hydrogen) atoms. The summed E-state index contributed by atoms with van der Waals surface area (Å²) >= 11 is 1.51. The number of anilines is 1. The Balaban J connectivity index is 0.00000400. The minimum atomic E-state index is -3.68. The van der Waals surface area contributed by atoms with Gasteiger partial charge in [-0.2, -0.15) is 4.31 Å². The van der Waals surface area contributed by atoms with Crippen LogP contribution in [-0.2, 0) is 14.8 Å². The van der Waals surface area contributed by atoms with Crippen molar-refractivity contribution in [3.63, 3.8) is 0 Å². The van der Waals surface area contributed by atoms with Gasteiger partial charge < -0.3 is 9.64 Å². The average Bonchev–Trinajstić information content (AvgIpc) is 3.51. The molecular weight excluding hydrogens is 544 g/mol. The fraction of sp³-hybridized carbons (Fsp3) is 0.481. The zero-order valence-corrected chi connectivity index (χ0v) is 25.1. The van der Waals surface area contributed by atoms with E-state index in [1.807, 2.05) is 21.0 Å². The molecule has 3 aromatic rings. The maximum Gasteiger partial charge on any atom is 0.260 e. The monoisotopic (exact) mass is 580 g/mol. The Labute approximate surface area is 236 Å². The summed E-state index contributed by atoms with van der Waals surface area (Å²) in [7, 11) is 1.90. The van der Waals surface area contributed by atoms with Gasteiger partial charge in [-0.05, 0) is 95.2 Å². The van der Waals surface area contributed by atoms with Gasteiger partial charge in [0.25, 0.3) is 5.91 Å². The number of ether oxygens (including phenoxy) is 1. The van der Waals surface area contributed by atoms with E-state index in [-0.39, 0.29) is 29.3 Å². The number of amides is 1. The Morgan fingerprint density at radius 3 is 2.45 bits per heavy atom. The lowest BCUT2D eigenvalue weighted by atomic mass is 10.1. The first-order valence-electron chi connectivity index (χ1n) is 12.6. The molecule has 1 atom stereocenters. The first-order valence-corrected chi connectivity index (χ1v) is 14.8. The third-order valence-electron chi connectivity index (χ3n) is 6.58. The number of hydrogen-bond acceptors (Lipinski definition) is 7. The molecule has 1 unspecified atom stereocenters. The van der Waals surface area contributed by atoms with Crippen LogP contribution in [0.4, 0.5) is 5.13 Å². The number of likely N-dealkylation sites (N-methyl/N-ethyl adjacent to an activating group) is 1. The maximum absolute atomic E-state index is 13.7. The van der Waals surface area contributed by atoms with Crippen LogP contribution in [0.15, 0.2) is 41.3 Å². The van der Waals surface area contributed by atoms with Gasteiger partial charge in [-0.25, -0.2) is 13.4 Å². The van der Waals surface area contributed by atoms with Crippen molar-refractivity contribution >= 4 is 55.0 Å². The molecule has 0 aliphatic carbocycles. The highest BCUT2D eigenvalue weighted by molar-refractivity contribution is 7.89. The molecule has 2 heterocycles. The Bertz CT molecular complexity index is 1350. The predicted molar refractivity (Wildman–Crippen MR) is 156 cm³/mol. The van der Waals surface area contributed by atoms with Gasteiger partial charge >= 0.3 is 0 Å². The molecule has 1 aromatic heterocycles. The number of carbonyl (C=O) groups is 1.